The van der Waals surface area contributed by atoms with Crippen molar-refractivity contribution in [2.75, 3.05) is 6.61 Å². The van der Waals surface area contributed by atoms with E-state index in [9.17, 15) is 9.59 Å². The fraction of sp³-hybridized carbons (Fsp3) is 0.300. The number of furan rings is 1. The minimum atomic E-state index is -0.443. The third-order valence-electron chi connectivity index (χ3n) is 4.03. The molecule has 6 nitrogen and oxygen atoms in total. The van der Waals surface area contributed by atoms with Gasteiger partial charge in [0, 0.05) is 11.4 Å². The Morgan fingerprint density at radius 3 is 2.63 bits per heavy atom. The van der Waals surface area contributed by atoms with Gasteiger partial charge in [0.15, 0.2) is 6.61 Å². The number of hydrazine groups is 1. The predicted molar refractivity (Wildman–Crippen MR) is 101 cm³/mol. The molecule has 1 amide bonds. The summed E-state index contributed by atoms with van der Waals surface area (Å²) in [5, 5.41) is 2.04. The van der Waals surface area contributed by atoms with Crippen molar-refractivity contribution in [2.24, 2.45) is 5.92 Å². The molecular formula is C20H21ClN2O4. The maximum absolute atomic E-state index is 12.7. The van der Waals surface area contributed by atoms with Crippen LogP contribution in [0.1, 0.15) is 37.6 Å². The lowest BCUT2D eigenvalue weighted by Crippen LogP contribution is -2.42. The van der Waals surface area contributed by atoms with E-state index >= 15 is 0 Å². The Morgan fingerprint density at radius 1 is 1.26 bits per heavy atom. The second-order valence-corrected chi connectivity index (χ2v) is 7.12. The third-order valence-corrected chi connectivity index (χ3v) is 4.29. The van der Waals surface area contributed by atoms with Crippen LogP contribution in [-0.4, -0.2) is 23.5 Å². The fourth-order valence-electron chi connectivity index (χ4n) is 2.75. The molecule has 0 unspecified atom stereocenters. The van der Waals surface area contributed by atoms with Gasteiger partial charge in [-0.15, -0.1) is 0 Å². The van der Waals surface area contributed by atoms with Crippen LogP contribution in [0, 0.1) is 5.92 Å². The van der Waals surface area contributed by atoms with E-state index in [1.165, 1.54) is 5.01 Å². The summed E-state index contributed by atoms with van der Waals surface area (Å²) in [6.07, 6.45) is 3.71. The van der Waals surface area contributed by atoms with Gasteiger partial charge < -0.3 is 9.15 Å². The van der Waals surface area contributed by atoms with Gasteiger partial charge in [0.25, 0.3) is 5.91 Å². The molecule has 0 bridgehead atoms. The molecule has 1 aromatic carbocycles. The van der Waals surface area contributed by atoms with Crippen molar-refractivity contribution >= 4 is 29.2 Å². The highest BCUT2D eigenvalue weighted by atomic mass is 35.5. The maximum atomic E-state index is 12.7. The summed E-state index contributed by atoms with van der Waals surface area (Å²) in [4.78, 5) is 24.4. The van der Waals surface area contributed by atoms with E-state index in [1.807, 2.05) is 32.1 Å². The topological polar surface area (TPSA) is 71.8 Å². The largest absolute Gasteiger partial charge is 0.467 e. The van der Waals surface area contributed by atoms with E-state index in [4.69, 9.17) is 20.8 Å². The van der Waals surface area contributed by atoms with Crippen molar-refractivity contribution in [2.45, 2.75) is 26.3 Å². The van der Waals surface area contributed by atoms with Crippen LogP contribution in [0.3, 0.4) is 0 Å². The lowest BCUT2D eigenvalue weighted by atomic mass is 10.1. The number of rotatable bonds is 6. The first-order valence-electron chi connectivity index (χ1n) is 8.69. The molecule has 0 spiro atoms. The molecule has 7 heteroatoms. The monoisotopic (exact) mass is 388 g/mol. The minimum absolute atomic E-state index is 0.173. The number of amides is 1. The van der Waals surface area contributed by atoms with Crippen molar-refractivity contribution in [1.82, 2.24) is 10.4 Å². The SMILES string of the molecule is CC(C)CC(=O)OCC(=O)N1NC(c2ccc(Cl)cc2)=C[C@@H]1c1ccco1. The van der Waals surface area contributed by atoms with Crippen LogP contribution >= 0.6 is 11.6 Å². The Hall–Kier alpha value is -2.73. The number of benzene rings is 1. The van der Waals surface area contributed by atoms with Gasteiger partial charge >= 0.3 is 5.97 Å². The van der Waals surface area contributed by atoms with Gasteiger partial charge in [0.05, 0.1) is 12.0 Å². The van der Waals surface area contributed by atoms with Crippen molar-refractivity contribution in [1.29, 1.82) is 0 Å². The summed E-state index contributed by atoms with van der Waals surface area (Å²) >= 11 is 5.95. The molecule has 1 atom stereocenters. The van der Waals surface area contributed by atoms with Crippen LogP contribution in [-0.2, 0) is 14.3 Å². The Balaban J connectivity index is 1.75. The molecule has 27 heavy (non-hydrogen) atoms. The summed E-state index contributed by atoms with van der Waals surface area (Å²) in [7, 11) is 0. The zero-order valence-electron chi connectivity index (χ0n) is 15.1. The molecule has 0 saturated heterocycles. The van der Waals surface area contributed by atoms with Crippen molar-refractivity contribution in [3.05, 3.63) is 65.1 Å². The number of carbonyl (C=O) groups is 2. The van der Waals surface area contributed by atoms with Crippen LogP contribution in [0.25, 0.3) is 5.70 Å². The van der Waals surface area contributed by atoms with Crippen LogP contribution in [0.15, 0.2) is 53.2 Å². The Bertz CT molecular complexity index is 828. The molecule has 1 aromatic heterocycles. The highest BCUT2D eigenvalue weighted by molar-refractivity contribution is 6.30. The first-order chi connectivity index (χ1) is 12.9. The number of hydrogen-bond acceptors (Lipinski definition) is 5. The van der Waals surface area contributed by atoms with Crippen molar-refractivity contribution in [3.63, 3.8) is 0 Å². The van der Waals surface area contributed by atoms with E-state index in [0.717, 1.165) is 11.3 Å². The predicted octanol–water partition coefficient (Wildman–Crippen LogP) is 3.95. The van der Waals surface area contributed by atoms with Crippen LogP contribution in [0.2, 0.25) is 5.02 Å². The average molecular weight is 389 g/mol. The normalized spacial score (nSPS) is 16.2. The molecule has 3 rings (SSSR count). The molecule has 1 N–H and O–H groups in total. The first-order valence-corrected chi connectivity index (χ1v) is 9.07. The summed E-state index contributed by atoms with van der Waals surface area (Å²) in [5.41, 5.74) is 4.70. The quantitative estimate of drug-likeness (QED) is 0.758. The van der Waals surface area contributed by atoms with Gasteiger partial charge in [-0.25, -0.2) is 5.01 Å². The number of hydrogen-bond donors (Lipinski definition) is 1. The van der Waals surface area contributed by atoms with Crippen LogP contribution < -0.4 is 5.43 Å². The Kier molecular flexibility index (Phi) is 5.86. The summed E-state index contributed by atoms with van der Waals surface area (Å²) < 4.78 is 10.6. The standard InChI is InChI=1S/C20H21ClN2O4/c1-13(2)10-20(25)27-12-19(24)23-17(18-4-3-9-26-18)11-16(22-23)14-5-7-15(21)8-6-14/h3-9,11,13,17,22H,10,12H2,1-2H3/t17-/m1/s1. The van der Waals surface area contributed by atoms with Crippen molar-refractivity contribution in [3.8, 4) is 0 Å². The van der Waals surface area contributed by atoms with Gasteiger partial charge in [0.2, 0.25) is 0 Å². The molecule has 0 radical (unpaired) electrons. The maximum Gasteiger partial charge on any atom is 0.306 e. The molecule has 2 heterocycles. The number of nitrogens with zero attached hydrogens (tertiary/aromatic N) is 1. The van der Waals surface area contributed by atoms with Gasteiger partial charge in [-0.2, -0.15) is 0 Å². The second kappa shape index (κ2) is 8.31. The summed E-state index contributed by atoms with van der Waals surface area (Å²) in [6, 6.07) is 10.4. The van der Waals surface area contributed by atoms with E-state index in [1.54, 1.807) is 30.5 Å². The fourth-order valence-corrected chi connectivity index (χ4v) is 2.88. The molecule has 2 aromatic rings. The number of nitrogens with one attached hydrogen (secondary N) is 1. The Morgan fingerprint density at radius 2 is 2.00 bits per heavy atom. The van der Waals surface area contributed by atoms with Gasteiger partial charge in [-0.1, -0.05) is 37.6 Å². The lowest BCUT2D eigenvalue weighted by molar-refractivity contribution is -0.154. The molecule has 0 fully saturated rings. The zero-order chi connectivity index (χ0) is 19.4. The Labute approximate surface area is 162 Å². The third kappa shape index (κ3) is 4.71. The molecule has 0 saturated carbocycles. The average Bonchev–Trinajstić information content (AvgIpc) is 3.29. The molecule has 0 aliphatic carbocycles. The molecular weight excluding hydrogens is 368 g/mol. The second-order valence-electron chi connectivity index (χ2n) is 6.68. The summed E-state index contributed by atoms with van der Waals surface area (Å²) in [5.74, 6) is 0.0200. The van der Waals surface area contributed by atoms with Gasteiger partial charge in [-0.3, -0.25) is 15.0 Å². The zero-order valence-corrected chi connectivity index (χ0v) is 15.9. The smallest absolute Gasteiger partial charge is 0.306 e. The van der Waals surface area contributed by atoms with Crippen LogP contribution in [0.4, 0.5) is 0 Å². The number of ether oxygens (including phenoxy) is 1. The van der Waals surface area contributed by atoms with Gasteiger partial charge in [-0.05, 0) is 41.8 Å². The van der Waals surface area contributed by atoms with Gasteiger partial charge in [0.1, 0.15) is 11.8 Å². The highest BCUT2D eigenvalue weighted by Gasteiger charge is 2.33. The van der Waals surface area contributed by atoms with E-state index in [2.05, 4.69) is 5.43 Å². The number of esters is 1. The van der Waals surface area contributed by atoms with Crippen molar-refractivity contribution < 1.29 is 18.7 Å². The van der Waals surface area contributed by atoms with E-state index < -0.39 is 12.0 Å². The molecule has 142 valence electrons. The summed E-state index contributed by atoms with van der Waals surface area (Å²) in [6.45, 7) is 3.50. The van der Waals surface area contributed by atoms with E-state index in [0.29, 0.717) is 10.8 Å². The highest BCUT2D eigenvalue weighted by Crippen LogP contribution is 2.31. The molecule has 1 aliphatic rings. The molecule has 1 aliphatic heterocycles. The van der Waals surface area contributed by atoms with E-state index in [-0.39, 0.29) is 24.9 Å². The first kappa shape index (κ1) is 19.0. The number of carbonyl (C=O) groups excluding carboxylic acids is 2. The number of halogens is 1. The lowest BCUT2D eigenvalue weighted by Gasteiger charge is -2.24. The van der Waals surface area contributed by atoms with Crippen LogP contribution in [0.5, 0.6) is 0 Å². The minimum Gasteiger partial charge on any atom is -0.467 e.